The maximum absolute atomic E-state index is 12.7. The molecule has 9 heteroatoms. The van der Waals surface area contributed by atoms with E-state index in [1.165, 1.54) is 28.6 Å². The Hall–Kier alpha value is -0.670. The Labute approximate surface area is 144 Å². The van der Waals surface area contributed by atoms with Crippen LogP contribution in [0, 0.1) is 5.92 Å². The van der Waals surface area contributed by atoms with Gasteiger partial charge in [-0.1, -0.05) is 6.07 Å². The summed E-state index contributed by atoms with van der Waals surface area (Å²) in [4.78, 5) is 0.0675. The van der Waals surface area contributed by atoms with Crippen LogP contribution in [0.5, 0.6) is 0 Å². The second-order valence-electron chi connectivity index (χ2n) is 5.68. The average Bonchev–Trinajstić information content (AvgIpc) is 2.47. The summed E-state index contributed by atoms with van der Waals surface area (Å²) in [5.74, 6) is 0.284. The van der Waals surface area contributed by atoms with Crippen LogP contribution in [-0.2, 0) is 19.9 Å². The fraction of sp³-hybridized carbons (Fsp3) is 0.571. The van der Waals surface area contributed by atoms with Gasteiger partial charge >= 0.3 is 0 Å². The van der Waals surface area contributed by atoms with Gasteiger partial charge in [-0.25, -0.2) is 16.8 Å². The van der Waals surface area contributed by atoms with Crippen LogP contribution < -0.4 is 5.32 Å². The molecule has 1 saturated heterocycles. The summed E-state index contributed by atoms with van der Waals surface area (Å²) in [6, 6.07) is 5.57. The number of nitrogens with zero attached hydrogens (tertiary/aromatic N) is 1. The number of hydrogen-bond acceptors (Lipinski definition) is 5. The van der Waals surface area contributed by atoms with Gasteiger partial charge in [0.2, 0.25) is 10.0 Å². The molecule has 1 aliphatic heterocycles. The lowest BCUT2D eigenvalue weighted by Crippen LogP contribution is -2.42. The van der Waals surface area contributed by atoms with Gasteiger partial charge in [-0.15, -0.1) is 12.4 Å². The third kappa shape index (κ3) is 4.90. The van der Waals surface area contributed by atoms with Crippen molar-refractivity contribution in [2.45, 2.75) is 22.6 Å². The second-order valence-corrected chi connectivity index (χ2v) is 9.63. The molecule has 0 spiro atoms. The monoisotopic (exact) mass is 382 g/mol. The van der Waals surface area contributed by atoms with E-state index in [0.29, 0.717) is 13.1 Å². The first-order chi connectivity index (χ1) is 10.2. The van der Waals surface area contributed by atoms with E-state index in [1.54, 1.807) is 0 Å². The van der Waals surface area contributed by atoms with Gasteiger partial charge < -0.3 is 5.32 Å². The van der Waals surface area contributed by atoms with Gasteiger partial charge in [-0.2, -0.15) is 4.31 Å². The van der Waals surface area contributed by atoms with Gasteiger partial charge in [-0.3, -0.25) is 0 Å². The number of sulfonamides is 1. The number of nitrogens with one attached hydrogen (secondary N) is 1. The highest BCUT2D eigenvalue weighted by molar-refractivity contribution is 7.91. The minimum Gasteiger partial charge on any atom is -0.319 e. The molecule has 6 nitrogen and oxygen atoms in total. The smallest absolute Gasteiger partial charge is 0.243 e. The number of benzene rings is 1. The Kier molecular flexibility index (Phi) is 7.03. The molecule has 0 radical (unpaired) electrons. The largest absolute Gasteiger partial charge is 0.319 e. The highest BCUT2D eigenvalue weighted by Gasteiger charge is 2.30. The van der Waals surface area contributed by atoms with Crippen molar-refractivity contribution in [3.63, 3.8) is 0 Å². The Bertz CT molecular complexity index is 733. The Morgan fingerprint density at radius 2 is 1.87 bits per heavy atom. The third-order valence-electron chi connectivity index (χ3n) is 3.85. The molecule has 1 unspecified atom stereocenters. The van der Waals surface area contributed by atoms with Crippen molar-refractivity contribution in [1.29, 1.82) is 0 Å². The first-order valence-electron chi connectivity index (χ1n) is 7.20. The molecule has 0 aromatic heterocycles. The van der Waals surface area contributed by atoms with Crippen LogP contribution >= 0.6 is 12.4 Å². The van der Waals surface area contributed by atoms with E-state index in [-0.39, 0.29) is 28.1 Å². The molecule has 1 fully saturated rings. The molecule has 1 aromatic carbocycles. The Morgan fingerprint density at radius 1 is 1.22 bits per heavy atom. The van der Waals surface area contributed by atoms with Crippen molar-refractivity contribution in [2.75, 3.05) is 32.9 Å². The minimum atomic E-state index is -3.65. The summed E-state index contributed by atoms with van der Waals surface area (Å²) in [6.07, 6.45) is 2.89. The van der Waals surface area contributed by atoms with Crippen LogP contribution in [0.3, 0.4) is 0 Å². The van der Waals surface area contributed by atoms with Crippen LogP contribution in [0.15, 0.2) is 34.1 Å². The number of piperidine rings is 1. The minimum absolute atomic E-state index is 0. The quantitative estimate of drug-likeness (QED) is 0.825. The fourth-order valence-corrected chi connectivity index (χ4v) is 5.06. The molecule has 0 aliphatic carbocycles. The lowest BCUT2D eigenvalue weighted by Gasteiger charge is -2.31. The molecule has 1 atom stereocenters. The summed E-state index contributed by atoms with van der Waals surface area (Å²) in [5.41, 5.74) is 0. The fourth-order valence-electron chi connectivity index (χ4n) is 2.71. The van der Waals surface area contributed by atoms with Gasteiger partial charge in [0.05, 0.1) is 9.79 Å². The van der Waals surface area contributed by atoms with Crippen molar-refractivity contribution in [3.8, 4) is 0 Å². The van der Waals surface area contributed by atoms with Crippen LogP contribution in [0.2, 0.25) is 0 Å². The molecular weight excluding hydrogens is 360 g/mol. The zero-order valence-corrected chi connectivity index (χ0v) is 15.7. The Morgan fingerprint density at radius 3 is 2.48 bits per heavy atom. The normalized spacial score (nSPS) is 20.0. The molecule has 0 saturated carbocycles. The van der Waals surface area contributed by atoms with Crippen LogP contribution in [0.1, 0.15) is 12.8 Å². The van der Waals surface area contributed by atoms with E-state index >= 15 is 0 Å². The zero-order valence-electron chi connectivity index (χ0n) is 13.2. The molecule has 0 bridgehead atoms. The van der Waals surface area contributed by atoms with Gasteiger partial charge in [0.25, 0.3) is 0 Å². The van der Waals surface area contributed by atoms with Crippen molar-refractivity contribution in [3.05, 3.63) is 24.3 Å². The highest BCUT2D eigenvalue weighted by atomic mass is 35.5. The van der Waals surface area contributed by atoms with Crippen LogP contribution in [0.4, 0.5) is 0 Å². The number of hydrogen-bond donors (Lipinski definition) is 1. The Balaban J connectivity index is 0.00000264. The molecule has 132 valence electrons. The standard InChI is InChI=1S/C14H22N2O4S2.ClH/c1-15-10-12-5-4-8-16(11-12)22(19,20)14-7-3-6-13(9-14)21(2,17)18;/h3,6-7,9,12,15H,4-5,8,10-11H2,1-2H3;1H. The van der Waals surface area contributed by atoms with Crippen LogP contribution in [-0.4, -0.2) is 54.1 Å². The van der Waals surface area contributed by atoms with Gasteiger partial charge in [0.15, 0.2) is 9.84 Å². The summed E-state index contributed by atoms with van der Waals surface area (Å²) in [5, 5.41) is 3.08. The van der Waals surface area contributed by atoms with Crippen molar-refractivity contribution < 1.29 is 16.8 Å². The number of halogens is 1. The van der Waals surface area contributed by atoms with Crippen molar-refractivity contribution in [2.24, 2.45) is 5.92 Å². The molecular formula is C14H23ClN2O4S2. The predicted molar refractivity (Wildman–Crippen MR) is 92.2 cm³/mol. The maximum atomic E-state index is 12.7. The lowest BCUT2D eigenvalue weighted by atomic mass is 10.00. The van der Waals surface area contributed by atoms with Gasteiger partial charge in [-0.05, 0) is 50.6 Å². The van der Waals surface area contributed by atoms with Gasteiger partial charge in [0.1, 0.15) is 0 Å². The molecule has 1 N–H and O–H groups in total. The molecule has 23 heavy (non-hydrogen) atoms. The first kappa shape index (κ1) is 20.4. The topological polar surface area (TPSA) is 83.6 Å². The summed E-state index contributed by atoms with van der Waals surface area (Å²) < 4.78 is 50.1. The van der Waals surface area contributed by atoms with E-state index in [9.17, 15) is 16.8 Å². The van der Waals surface area contributed by atoms with E-state index in [4.69, 9.17) is 0 Å². The third-order valence-corrected chi connectivity index (χ3v) is 6.82. The summed E-state index contributed by atoms with van der Waals surface area (Å²) in [7, 11) is -5.23. The molecule has 0 amide bonds. The van der Waals surface area contributed by atoms with Crippen molar-refractivity contribution >= 4 is 32.3 Å². The molecule has 2 rings (SSSR count). The highest BCUT2D eigenvalue weighted by Crippen LogP contribution is 2.24. The number of sulfone groups is 1. The first-order valence-corrected chi connectivity index (χ1v) is 10.5. The van der Waals surface area contributed by atoms with Crippen LogP contribution in [0.25, 0.3) is 0 Å². The molecule has 1 heterocycles. The summed E-state index contributed by atoms with van der Waals surface area (Å²) in [6.45, 7) is 1.72. The average molecular weight is 383 g/mol. The lowest BCUT2D eigenvalue weighted by molar-refractivity contribution is 0.263. The van der Waals surface area contributed by atoms with E-state index in [1.807, 2.05) is 7.05 Å². The van der Waals surface area contributed by atoms with Crippen molar-refractivity contribution in [1.82, 2.24) is 9.62 Å². The van der Waals surface area contributed by atoms with E-state index < -0.39 is 19.9 Å². The zero-order chi connectivity index (χ0) is 16.4. The molecule has 1 aromatic rings. The summed E-state index contributed by atoms with van der Waals surface area (Å²) >= 11 is 0. The second kappa shape index (κ2) is 7.94. The maximum Gasteiger partial charge on any atom is 0.243 e. The molecule has 1 aliphatic rings. The van der Waals surface area contributed by atoms with E-state index in [2.05, 4.69) is 5.32 Å². The predicted octanol–water partition coefficient (Wildman–Crippen LogP) is 1.13. The SMILES string of the molecule is CNCC1CCCN(S(=O)(=O)c2cccc(S(C)(=O)=O)c2)C1.Cl. The van der Waals surface area contributed by atoms with E-state index in [0.717, 1.165) is 25.6 Å². The van der Waals surface area contributed by atoms with Gasteiger partial charge in [0, 0.05) is 19.3 Å². The number of rotatable bonds is 5.